The Morgan fingerprint density at radius 2 is 2.38 bits per heavy atom. The number of hydrogen-bond acceptors (Lipinski definition) is 4. The van der Waals surface area contributed by atoms with Crippen LogP contribution in [0.3, 0.4) is 0 Å². The van der Waals surface area contributed by atoms with E-state index in [9.17, 15) is 4.79 Å². The summed E-state index contributed by atoms with van der Waals surface area (Å²) >= 11 is 1.49. The highest BCUT2D eigenvalue weighted by molar-refractivity contribution is 7.22. The van der Waals surface area contributed by atoms with Crippen molar-refractivity contribution >= 4 is 43.6 Å². The van der Waals surface area contributed by atoms with Crippen LogP contribution >= 0.6 is 11.3 Å². The van der Waals surface area contributed by atoms with Crippen molar-refractivity contribution in [3.8, 4) is 11.8 Å². The van der Waals surface area contributed by atoms with Gasteiger partial charge in [-0.05, 0) is 19.1 Å². The molecule has 1 saturated heterocycles. The van der Waals surface area contributed by atoms with Crippen LogP contribution in [0.15, 0.2) is 18.3 Å². The van der Waals surface area contributed by atoms with Crippen LogP contribution in [-0.4, -0.2) is 33.8 Å². The average Bonchev–Trinajstić information content (AvgIpc) is 3.15. The molecule has 2 amide bonds. The largest absolute Gasteiger partial charge is 0.334 e. The predicted octanol–water partition coefficient (Wildman–Crippen LogP) is 2.09. The maximum absolute atomic E-state index is 12.0. The minimum Gasteiger partial charge on any atom is -0.334 e. The van der Waals surface area contributed by atoms with Crippen LogP contribution in [0.1, 0.15) is 6.92 Å². The number of benzene rings is 1. The van der Waals surface area contributed by atoms with Crippen molar-refractivity contribution in [1.82, 2.24) is 20.5 Å². The lowest BCUT2D eigenvalue weighted by Crippen LogP contribution is -2.33. The molecular weight excluding hydrogens is 286 g/mol. The van der Waals surface area contributed by atoms with Crippen molar-refractivity contribution in [2.45, 2.75) is 13.0 Å². The monoisotopic (exact) mass is 297 g/mol. The lowest BCUT2D eigenvalue weighted by Gasteiger charge is -2.14. The van der Waals surface area contributed by atoms with Crippen LogP contribution in [0.25, 0.3) is 21.1 Å². The molecule has 0 spiro atoms. The number of urea groups is 1. The third-order valence-corrected chi connectivity index (χ3v) is 4.48. The Kier molecular flexibility index (Phi) is 2.59. The van der Waals surface area contributed by atoms with E-state index in [1.807, 2.05) is 12.1 Å². The predicted molar refractivity (Wildman–Crippen MR) is 82.4 cm³/mol. The van der Waals surface area contributed by atoms with Gasteiger partial charge < -0.3 is 5.32 Å². The van der Waals surface area contributed by atoms with Gasteiger partial charge in [0.05, 0.1) is 28.5 Å². The second-order valence-electron chi connectivity index (χ2n) is 4.71. The fourth-order valence-electron chi connectivity index (χ4n) is 2.50. The summed E-state index contributed by atoms with van der Waals surface area (Å²) in [4.78, 5) is 18.3. The molecule has 1 fully saturated rings. The molecule has 0 radical (unpaired) electrons. The van der Waals surface area contributed by atoms with E-state index in [1.54, 1.807) is 18.0 Å². The minimum atomic E-state index is -0.164. The summed E-state index contributed by atoms with van der Waals surface area (Å²) in [5, 5.41) is 11.4. The molecular formula is C14H11N5OS. The number of aromatic nitrogens is 3. The lowest BCUT2D eigenvalue weighted by atomic mass is 10.2. The molecule has 4 rings (SSSR count). The molecule has 104 valence electrons. The summed E-state index contributed by atoms with van der Waals surface area (Å²) in [6, 6.07) is 3.65. The summed E-state index contributed by atoms with van der Waals surface area (Å²) in [5.41, 5.74) is 1.80. The molecule has 1 unspecified atom stereocenters. The van der Waals surface area contributed by atoms with Crippen molar-refractivity contribution in [3.05, 3.63) is 18.3 Å². The van der Waals surface area contributed by atoms with Crippen LogP contribution in [0.2, 0.25) is 0 Å². The summed E-state index contributed by atoms with van der Waals surface area (Å²) in [7, 11) is 0. The summed E-state index contributed by atoms with van der Waals surface area (Å²) < 4.78 is 1.03. The third kappa shape index (κ3) is 1.76. The number of rotatable bonds is 1. The van der Waals surface area contributed by atoms with E-state index in [0.717, 1.165) is 21.1 Å². The van der Waals surface area contributed by atoms with Crippen molar-refractivity contribution in [3.63, 3.8) is 0 Å². The van der Waals surface area contributed by atoms with Crippen LogP contribution in [0.4, 0.5) is 9.93 Å². The normalized spacial score (nSPS) is 18.0. The van der Waals surface area contributed by atoms with Gasteiger partial charge in [0.25, 0.3) is 0 Å². The van der Waals surface area contributed by atoms with Crippen LogP contribution in [-0.2, 0) is 0 Å². The first-order valence-electron chi connectivity index (χ1n) is 6.50. The van der Waals surface area contributed by atoms with E-state index in [0.29, 0.717) is 11.7 Å². The number of fused-ring (bicyclic) bond motifs is 3. The van der Waals surface area contributed by atoms with Gasteiger partial charge in [0, 0.05) is 5.39 Å². The SMILES string of the molecule is CC#CC1CNC(=O)N1c1nc2c(ccc3[nH]ncc32)s1. The first-order chi connectivity index (χ1) is 10.3. The minimum absolute atomic E-state index is 0.148. The number of carbonyl (C=O) groups excluding carboxylic acids is 1. The topological polar surface area (TPSA) is 73.9 Å². The summed E-state index contributed by atoms with van der Waals surface area (Å²) in [5.74, 6) is 5.91. The van der Waals surface area contributed by atoms with Crippen LogP contribution in [0.5, 0.6) is 0 Å². The van der Waals surface area contributed by atoms with E-state index >= 15 is 0 Å². The molecule has 21 heavy (non-hydrogen) atoms. The quantitative estimate of drug-likeness (QED) is 0.675. The maximum atomic E-state index is 12.0. The van der Waals surface area contributed by atoms with Crippen LogP contribution in [0, 0.1) is 11.8 Å². The van der Waals surface area contributed by atoms with Gasteiger partial charge in [-0.25, -0.2) is 9.78 Å². The Labute approximate surface area is 124 Å². The Hall–Kier alpha value is -2.59. The smallest absolute Gasteiger partial charge is 0.324 e. The molecule has 1 aliphatic rings. The van der Waals surface area contributed by atoms with Crippen molar-refractivity contribution in [2.75, 3.05) is 11.4 Å². The van der Waals surface area contributed by atoms with E-state index in [-0.39, 0.29) is 12.1 Å². The van der Waals surface area contributed by atoms with Gasteiger partial charge in [-0.3, -0.25) is 10.00 Å². The number of hydrogen-bond donors (Lipinski definition) is 2. The van der Waals surface area contributed by atoms with Crippen molar-refractivity contribution in [2.24, 2.45) is 0 Å². The first kappa shape index (κ1) is 12.2. The van der Waals surface area contributed by atoms with E-state index in [1.165, 1.54) is 11.3 Å². The zero-order chi connectivity index (χ0) is 14.4. The van der Waals surface area contributed by atoms with Gasteiger partial charge in [0.2, 0.25) is 0 Å². The number of anilines is 1. The molecule has 1 aromatic carbocycles. The highest BCUT2D eigenvalue weighted by atomic mass is 32.1. The number of thiazole rings is 1. The third-order valence-electron chi connectivity index (χ3n) is 3.46. The van der Waals surface area contributed by atoms with Gasteiger partial charge in [-0.2, -0.15) is 5.10 Å². The zero-order valence-corrected chi connectivity index (χ0v) is 12.0. The van der Waals surface area contributed by atoms with Gasteiger partial charge >= 0.3 is 6.03 Å². The second kappa shape index (κ2) is 4.46. The van der Waals surface area contributed by atoms with Gasteiger partial charge in [0.15, 0.2) is 5.13 Å². The van der Waals surface area contributed by atoms with E-state index < -0.39 is 0 Å². The number of aromatic amines is 1. The molecule has 0 bridgehead atoms. The van der Waals surface area contributed by atoms with Crippen molar-refractivity contribution < 1.29 is 4.79 Å². The zero-order valence-electron chi connectivity index (χ0n) is 11.2. The fraction of sp³-hybridized carbons (Fsp3) is 0.214. The van der Waals surface area contributed by atoms with E-state index in [2.05, 4.69) is 32.3 Å². The standard InChI is InChI=1S/C14H11N5OS/c1-2-3-8-6-15-13(20)19(8)14-17-12-9-7-16-18-10(9)4-5-11(12)21-14/h4-5,7-8H,6H2,1H3,(H,15,20)(H,16,18). The number of carbonyl (C=O) groups is 1. The maximum Gasteiger partial charge on any atom is 0.324 e. The highest BCUT2D eigenvalue weighted by Crippen LogP contribution is 2.34. The van der Waals surface area contributed by atoms with Crippen LogP contribution < -0.4 is 10.2 Å². The number of nitrogens with one attached hydrogen (secondary N) is 2. The van der Waals surface area contributed by atoms with E-state index in [4.69, 9.17) is 0 Å². The lowest BCUT2D eigenvalue weighted by molar-refractivity contribution is 0.252. The first-order valence-corrected chi connectivity index (χ1v) is 7.31. The molecule has 3 heterocycles. The Morgan fingerprint density at radius 1 is 1.48 bits per heavy atom. The molecule has 0 aliphatic carbocycles. The molecule has 7 heteroatoms. The number of nitrogens with zero attached hydrogens (tertiary/aromatic N) is 3. The molecule has 1 aliphatic heterocycles. The van der Waals surface area contributed by atoms with Gasteiger partial charge in [-0.1, -0.05) is 17.3 Å². The summed E-state index contributed by atoms with van der Waals surface area (Å²) in [6.07, 6.45) is 1.76. The summed E-state index contributed by atoms with van der Waals surface area (Å²) in [6.45, 7) is 2.30. The van der Waals surface area contributed by atoms with Gasteiger partial charge in [-0.15, -0.1) is 5.92 Å². The number of H-pyrrole nitrogens is 1. The molecule has 2 aromatic heterocycles. The Bertz CT molecular complexity index is 916. The molecule has 1 atom stereocenters. The van der Waals surface area contributed by atoms with Crippen molar-refractivity contribution in [1.29, 1.82) is 0 Å². The average molecular weight is 297 g/mol. The number of amides is 2. The fourth-order valence-corrected chi connectivity index (χ4v) is 3.53. The molecule has 2 N–H and O–H groups in total. The highest BCUT2D eigenvalue weighted by Gasteiger charge is 2.33. The molecule has 6 nitrogen and oxygen atoms in total. The van der Waals surface area contributed by atoms with Gasteiger partial charge in [0.1, 0.15) is 6.04 Å². The molecule has 3 aromatic rings. The Morgan fingerprint density at radius 3 is 3.24 bits per heavy atom. The molecule has 0 saturated carbocycles. The second-order valence-corrected chi connectivity index (χ2v) is 5.72. The Balaban J connectivity index is 1.89.